The van der Waals surface area contributed by atoms with Crippen molar-refractivity contribution in [2.24, 2.45) is 0 Å². The van der Waals surface area contributed by atoms with Crippen LogP contribution in [-0.4, -0.2) is 32.9 Å². The summed E-state index contributed by atoms with van der Waals surface area (Å²) in [5.74, 6) is -1.11. The van der Waals surface area contributed by atoms with Gasteiger partial charge in [0, 0.05) is 17.3 Å². The summed E-state index contributed by atoms with van der Waals surface area (Å²) in [4.78, 5) is 45.8. The Hall–Kier alpha value is -2.59. The lowest BCUT2D eigenvalue weighted by atomic mass is 10.3. The average molecular weight is 378 g/mol. The molecule has 0 unspecified atom stereocenters. The van der Waals surface area contributed by atoms with Gasteiger partial charge in [0.05, 0.1) is 12.3 Å². The molecule has 0 aliphatic rings. The number of esters is 1. The standard InChI is InChI=1S/C15H14N4O4S2/c1-4-23-13(22)10-8(3)17-14(25-10)18-11(20)9-5-16-15-19(12(9)21)7(2)6-24-15/h5-6H,4H2,1-3H3,(H,17,18,20). The molecule has 0 fully saturated rings. The second-order valence-corrected chi connectivity index (χ2v) is 6.92. The number of nitrogens with zero attached hydrogens (tertiary/aromatic N) is 3. The molecule has 25 heavy (non-hydrogen) atoms. The van der Waals surface area contributed by atoms with E-state index in [1.54, 1.807) is 26.2 Å². The molecular formula is C15H14N4O4S2. The van der Waals surface area contributed by atoms with E-state index in [2.05, 4.69) is 15.3 Å². The monoisotopic (exact) mass is 378 g/mol. The maximum atomic E-state index is 12.5. The third kappa shape index (κ3) is 3.17. The topological polar surface area (TPSA) is 103 Å². The summed E-state index contributed by atoms with van der Waals surface area (Å²) in [5.41, 5.74) is 0.629. The molecule has 3 heterocycles. The predicted octanol–water partition coefficient (Wildman–Crippen LogP) is 2.26. The summed E-state index contributed by atoms with van der Waals surface area (Å²) in [7, 11) is 0. The van der Waals surface area contributed by atoms with Crippen molar-refractivity contribution in [3.8, 4) is 0 Å². The minimum Gasteiger partial charge on any atom is -0.462 e. The lowest BCUT2D eigenvalue weighted by Gasteiger charge is -2.02. The van der Waals surface area contributed by atoms with Crippen LogP contribution in [0.1, 0.15) is 38.3 Å². The van der Waals surface area contributed by atoms with E-state index in [9.17, 15) is 14.4 Å². The number of ether oxygens (including phenoxy) is 1. The minimum absolute atomic E-state index is 0.0930. The summed E-state index contributed by atoms with van der Waals surface area (Å²) < 4.78 is 6.33. The van der Waals surface area contributed by atoms with Crippen molar-refractivity contribution >= 4 is 44.6 Å². The number of aromatic nitrogens is 3. The van der Waals surface area contributed by atoms with Crippen molar-refractivity contribution in [1.82, 2.24) is 14.4 Å². The second-order valence-electron chi connectivity index (χ2n) is 5.08. The second kappa shape index (κ2) is 6.73. The molecule has 8 nitrogen and oxygen atoms in total. The lowest BCUT2D eigenvalue weighted by molar-refractivity contribution is 0.0531. The van der Waals surface area contributed by atoms with Crippen LogP contribution < -0.4 is 10.9 Å². The van der Waals surface area contributed by atoms with Crippen molar-refractivity contribution in [3.05, 3.63) is 43.8 Å². The zero-order chi connectivity index (χ0) is 18.1. The highest BCUT2D eigenvalue weighted by Crippen LogP contribution is 2.23. The smallest absolute Gasteiger partial charge is 0.350 e. The first-order valence-corrected chi connectivity index (χ1v) is 9.03. The van der Waals surface area contributed by atoms with Gasteiger partial charge in [-0.1, -0.05) is 11.3 Å². The van der Waals surface area contributed by atoms with Gasteiger partial charge in [-0.2, -0.15) is 0 Å². The Kier molecular flexibility index (Phi) is 4.64. The van der Waals surface area contributed by atoms with Gasteiger partial charge in [-0.15, -0.1) is 11.3 Å². The Morgan fingerprint density at radius 3 is 2.84 bits per heavy atom. The molecule has 3 aromatic heterocycles. The summed E-state index contributed by atoms with van der Waals surface area (Å²) in [6.45, 7) is 5.37. The number of hydrogen-bond acceptors (Lipinski definition) is 8. The van der Waals surface area contributed by atoms with Crippen LogP contribution in [0.15, 0.2) is 16.4 Å². The van der Waals surface area contributed by atoms with Gasteiger partial charge in [0.25, 0.3) is 11.5 Å². The molecule has 3 rings (SSSR count). The maximum absolute atomic E-state index is 12.5. The highest BCUT2D eigenvalue weighted by Gasteiger charge is 2.20. The molecular weight excluding hydrogens is 364 g/mol. The van der Waals surface area contributed by atoms with Gasteiger partial charge in [0.1, 0.15) is 10.4 Å². The highest BCUT2D eigenvalue weighted by atomic mass is 32.1. The minimum atomic E-state index is -0.623. The number of carbonyl (C=O) groups excluding carboxylic acids is 2. The fourth-order valence-electron chi connectivity index (χ4n) is 2.18. The Morgan fingerprint density at radius 2 is 2.12 bits per heavy atom. The summed E-state index contributed by atoms with van der Waals surface area (Å²) in [6.07, 6.45) is 1.25. The van der Waals surface area contributed by atoms with Crippen LogP contribution in [0.2, 0.25) is 0 Å². The SMILES string of the molecule is CCOC(=O)c1sc(NC(=O)c2cnc3scc(C)n3c2=O)nc1C. The number of thiazole rings is 2. The van der Waals surface area contributed by atoms with E-state index in [1.165, 1.54) is 21.9 Å². The number of aryl methyl sites for hydroxylation is 2. The fraction of sp³-hybridized carbons (Fsp3) is 0.267. The largest absolute Gasteiger partial charge is 0.462 e. The van der Waals surface area contributed by atoms with Crippen LogP contribution in [-0.2, 0) is 4.74 Å². The first-order chi connectivity index (χ1) is 11.9. The van der Waals surface area contributed by atoms with Crippen LogP contribution in [0.3, 0.4) is 0 Å². The zero-order valence-corrected chi connectivity index (χ0v) is 15.3. The average Bonchev–Trinajstić information content (AvgIpc) is 3.11. The predicted molar refractivity (Wildman–Crippen MR) is 94.8 cm³/mol. The van der Waals surface area contributed by atoms with Gasteiger partial charge in [-0.05, 0) is 20.8 Å². The Morgan fingerprint density at radius 1 is 1.36 bits per heavy atom. The van der Waals surface area contributed by atoms with Crippen molar-refractivity contribution in [3.63, 3.8) is 0 Å². The van der Waals surface area contributed by atoms with Gasteiger partial charge in [-0.25, -0.2) is 14.8 Å². The van der Waals surface area contributed by atoms with E-state index in [-0.39, 0.29) is 17.3 Å². The van der Waals surface area contributed by atoms with E-state index in [1.807, 2.05) is 0 Å². The van der Waals surface area contributed by atoms with Crippen LogP contribution in [0.5, 0.6) is 0 Å². The van der Waals surface area contributed by atoms with Crippen LogP contribution in [0.25, 0.3) is 4.96 Å². The molecule has 130 valence electrons. The number of nitrogens with one attached hydrogen (secondary N) is 1. The van der Waals surface area contributed by atoms with Gasteiger partial charge in [-0.3, -0.25) is 19.3 Å². The van der Waals surface area contributed by atoms with Gasteiger partial charge in [0.2, 0.25) is 0 Å². The van der Waals surface area contributed by atoms with Gasteiger partial charge < -0.3 is 4.74 Å². The van der Waals surface area contributed by atoms with Crippen molar-refractivity contribution in [1.29, 1.82) is 0 Å². The fourth-order valence-corrected chi connectivity index (χ4v) is 3.86. The molecule has 10 heteroatoms. The normalized spacial score (nSPS) is 10.8. The zero-order valence-electron chi connectivity index (χ0n) is 13.7. The Bertz CT molecular complexity index is 1030. The maximum Gasteiger partial charge on any atom is 0.350 e. The van der Waals surface area contributed by atoms with E-state index in [0.717, 1.165) is 11.3 Å². The molecule has 0 saturated carbocycles. The number of anilines is 1. The molecule has 1 amide bonds. The quantitative estimate of drug-likeness (QED) is 0.699. The summed E-state index contributed by atoms with van der Waals surface area (Å²) in [5, 5.41) is 4.56. The Balaban J connectivity index is 1.89. The number of carbonyl (C=O) groups is 2. The molecule has 0 spiro atoms. The van der Waals surface area contributed by atoms with E-state index < -0.39 is 17.4 Å². The van der Waals surface area contributed by atoms with Crippen molar-refractivity contribution in [2.75, 3.05) is 11.9 Å². The van der Waals surface area contributed by atoms with E-state index >= 15 is 0 Å². The van der Waals surface area contributed by atoms with E-state index in [0.29, 0.717) is 21.2 Å². The first-order valence-electron chi connectivity index (χ1n) is 7.34. The van der Waals surface area contributed by atoms with Crippen molar-refractivity contribution in [2.45, 2.75) is 20.8 Å². The number of fused-ring (bicyclic) bond motifs is 1. The Labute approximate surface area is 150 Å². The van der Waals surface area contributed by atoms with Crippen LogP contribution in [0.4, 0.5) is 5.13 Å². The third-order valence-corrected chi connectivity index (χ3v) is 5.35. The number of rotatable bonds is 4. The number of amides is 1. The molecule has 0 aliphatic carbocycles. The molecule has 0 radical (unpaired) electrons. The molecule has 0 aliphatic heterocycles. The van der Waals surface area contributed by atoms with Crippen LogP contribution in [0, 0.1) is 13.8 Å². The van der Waals surface area contributed by atoms with Crippen LogP contribution >= 0.6 is 22.7 Å². The molecule has 0 saturated heterocycles. The van der Waals surface area contributed by atoms with Crippen molar-refractivity contribution < 1.29 is 14.3 Å². The summed E-state index contributed by atoms with van der Waals surface area (Å²) >= 11 is 2.32. The van der Waals surface area contributed by atoms with Gasteiger partial charge >= 0.3 is 5.97 Å². The summed E-state index contributed by atoms with van der Waals surface area (Å²) in [6, 6.07) is 0. The molecule has 0 aromatic carbocycles. The third-order valence-electron chi connectivity index (χ3n) is 3.34. The molecule has 0 bridgehead atoms. The molecule has 3 aromatic rings. The lowest BCUT2D eigenvalue weighted by Crippen LogP contribution is -2.26. The van der Waals surface area contributed by atoms with E-state index in [4.69, 9.17) is 4.74 Å². The highest BCUT2D eigenvalue weighted by molar-refractivity contribution is 7.17. The van der Waals surface area contributed by atoms with Gasteiger partial charge in [0.15, 0.2) is 10.1 Å². The molecule has 0 atom stereocenters. The number of hydrogen-bond donors (Lipinski definition) is 1. The first kappa shape index (κ1) is 17.2. The molecule has 1 N–H and O–H groups in total.